The van der Waals surface area contributed by atoms with Crippen LogP contribution in [0.2, 0.25) is 0 Å². The van der Waals surface area contributed by atoms with Gasteiger partial charge in [-0.3, -0.25) is 4.57 Å². The molecule has 11 aromatic rings. The van der Waals surface area contributed by atoms with Crippen molar-refractivity contribution in [3.05, 3.63) is 231 Å². The quantitative estimate of drug-likeness (QED) is 0.148. The lowest BCUT2D eigenvalue weighted by molar-refractivity contribution is 1.07. The van der Waals surface area contributed by atoms with Gasteiger partial charge in [-0.1, -0.05) is 212 Å². The second-order valence-corrected chi connectivity index (χ2v) is 15.1. The van der Waals surface area contributed by atoms with E-state index in [1.165, 1.54) is 65.7 Å². The molecule has 0 saturated heterocycles. The maximum absolute atomic E-state index is 5.49. The van der Waals surface area contributed by atoms with Gasteiger partial charge in [0.25, 0.3) is 0 Å². The van der Waals surface area contributed by atoms with E-state index in [0.717, 1.165) is 39.6 Å². The molecule has 0 unspecified atom stereocenters. The van der Waals surface area contributed by atoms with E-state index in [-0.39, 0.29) is 0 Å². The normalized spacial score (nSPS) is 11.4. The summed E-state index contributed by atoms with van der Waals surface area (Å²) in [5.74, 6) is 0.894. The molecule has 0 atom stereocenters. The molecular weight excluding hydrogens is 713 g/mol. The lowest BCUT2D eigenvalue weighted by atomic mass is 9.85. The summed E-state index contributed by atoms with van der Waals surface area (Å²) >= 11 is 0. The largest absolute Gasteiger partial charge is 0.292 e. The van der Waals surface area contributed by atoms with E-state index < -0.39 is 0 Å². The second-order valence-electron chi connectivity index (χ2n) is 15.1. The van der Waals surface area contributed by atoms with Crippen LogP contribution in [-0.2, 0) is 0 Å². The molecule has 0 spiro atoms. The van der Waals surface area contributed by atoms with Crippen molar-refractivity contribution < 1.29 is 0 Å². The maximum Gasteiger partial charge on any atom is 0.145 e. The maximum atomic E-state index is 5.49. The van der Waals surface area contributed by atoms with Gasteiger partial charge in [-0.05, 0) is 83.9 Å². The zero-order chi connectivity index (χ0) is 39.1. The summed E-state index contributed by atoms with van der Waals surface area (Å²) in [5.41, 5.74) is 13.6. The van der Waals surface area contributed by atoms with Crippen molar-refractivity contribution in [3.8, 4) is 73.0 Å². The summed E-state index contributed by atoms with van der Waals surface area (Å²) in [4.78, 5) is 5.49. The van der Waals surface area contributed by atoms with Crippen molar-refractivity contribution in [1.82, 2.24) is 9.55 Å². The standard InChI is InChI=1S/C57H38N2/c1-4-16-39(17-5-1)41-28-31-45(32-29-41)57-58-55(43-19-6-2-7-20-43)56(44-21-8-3-9-22-44)59(57)48-36-34-42(35-37-48)53-49-24-12-14-26-51(49)54(52-27-15-13-25-50(52)53)47-33-30-40-18-10-11-23-46(40)38-47/h1-38H. The van der Waals surface area contributed by atoms with E-state index in [1.54, 1.807) is 0 Å². The third kappa shape index (κ3) is 6.10. The van der Waals surface area contributed by atoms with Crippen LogP contribution in [0, 0.1) is 0 Å². The minimum Gasteiger partial charge on any atom is -0.292 e. The topological polar surface area (TPSA) is 17.8 Å². The number of imidazole rings is 1. The number of hydrogen-bond donors (Lipinski definition) is 0. The molecule has 0 N–H and O–H groups in total. The monoisotopic (exact) mass is 750 g/mol. The second kappa shape index (κ2) is 14.6. The number of hydrogen-bond acceptors (Lipinski definition) is 1. The highest BCUT2D eigenvalue weighted by Crippen LogP contribution is 2.45. The van der Waals surface area contributed by atoms with E-state index in [2.05, 4.69) is 235 Å². The summed E-state index contributed by atoms with van der Waals surface area (Å²) in [6.45, 7) is 0. The first-order valence-corrected chi connectivity index (χ1v) is 20.2. The molecule has 276 valence electrons. The molecule has 0 fully saturated rings. The molecule has 0 bridgehead atoms. The molecule has 0 amide bonds. The number of aromatic nitrogens is 2. The molecule has 0 aliphatic heterocycles. The summed E-state index contributed by atoms with van der Waals surface area (Å²) in [6, 6.07) is 82.9. The van der Waals surface area contributed by atoms with Gasteiger partial charge in [0, 0.05) is 22.4 Å². The van der Waals surface area contributed by atoms with E-state index in [1.807, 2.05) is 0 Å². The highest BCUT2D eigenvalue weighted by molar-refractivity contribution is 6.21. The van der Waals surface area contributed by atoms with Crippen LogP contribution in [0.5, 0.6) is 0 Å². The van der Waals surface area contributed by atoms with Gasteiger partial charge in [0.05, 0.1) is 11.4 Å². The molecule has 1 aromatic heterocycles. The van der Waals surface area contributed by atoms with E-state index >= 15 is 0 Å². The van der Waals surface area contributed by atoms with Gasteiger partial charge in [-0.2, -0.15) is 0 Å². The van der Waals surface area contributed by atoms with Gasteiger partial charge < -0.3 is 0 Å². The Kier molecular flexibility index (Phi) is 8.52. The first-order chi connectivity index (χ1) is 29.3. The molecule has 0 aliphatic rings. The van der Waals surface area contributed by atoms with Gasteiger partial charge >= 0.3 is 0 Å². The Morgan fingerprint density at radius 1 is 0.288 bits per heavy atom. The van der Waals surface area contributed by atoms with Crippen molar-refractivity contribution in [2.75, 3.05) is 0 Å². The van der Waals surface area contributed by atoms with E-state index in [9.17, 15) is 0 Å². The fourth-order valence-corrected chi connectivity index (χ4v) is 8.84. The molecule has 59 heavy (non-hydrogen) atoms. The molecular formula is C57H38N2. The molecule has 0 aliphatic carbocycles. The van der Waals surface area contributed by atoms with Crippen molar-refractivity contribution >= 4 is 32.3 Å². The minimum absolute atomic E-state index is 0.894. The third-order valence-electron chi connectivity index (χ3n) is 11.6. The summed E-state index contributed by atoms with van der Waals surface area (Å²) < 4.78 is 2.35. The van der Waals surface area contributed by atoms with Crippen LogP contribution in [0.1, 0.15) is 0 Å². The fourth-order valence-electron chi connectivity index (χ4n) is 8.84. The fraction of sp³-hybridized carbons (Fsp3) is 0. The number of rotatable bonds is 7. The van der Waals surface area contributed by atoms with Crippen LogP contribution >= 0.6 is 0 Å². The minimum atomic E-state index is 0.894. The number of fused-ring (bicyclic) bond motifs is 3. The molecule has 11 rings (SSSR count). The molecule has 10 aromatic carbocycles. The Morgan fingerprint density at radius 2 is 0.712 bits per heavy atom. The third-order valence-corrected chi connectivity index (χ3v) is 11.6. The zero-order valence-corrected chi connectivity index (χ0v) is 32.3. The van der Waals surface area contributed by atoms with Crippen LogP contribution in [0.25, 0.3) is 105 Å². The highest BCUT2D eigenvalue weighted by atomic mass is 15.1. The summed E-state index contributed by atoms with van der Waals surface area (Å²) in [5, 5.41) is 7.46. The Morgan fingerprint density at radius 3 is 1.31 bits per heavy atom. The Bertz CT molecular complexity index is 3220. The predicted octanol–water partition coefficient (Wildman–Crippen LogP) is 15.3. The lowest BCUT2D eigenvalue weighted by Gasteiger charge is -2.19. The van der Waals surface area contributed by atoms with Crippen LogP contribution in [0.4, 0.5) is 0 Å². The smallest absolute Gasteiger partial charge is 0.145 e. The molecule has 0 radical (unpaired) electrons. The summed E-state index contributed by atoms with van der Waals surface area (Å²) in [7, 11) is 0. The highest BCUT2D eigenvalue weighted by Gasteiger charge is 2.23. The number of benzene rings is 10. The molecule has 2 nitrogen and oxygen atoms in total. The van der Waals surface area contributed by atoms with Crippen molar-refractivity contribution in [1.29, 1.82) is 0 Å². The number of nitrogens with zero attached hydrogens (tertiary/aromatic N) is 2. The predicted molar refractivity (Wildman–Crippen MR) is 249 cm³/mol. The first-order valence-electron chi connectivity index (χ1n) is 20.2. The van der Waals surface area contributed by atoms with E-state index in [0.29, 0.717) is 0 Å². The van der Waals surface area contributed by atoms with Crippen molar-refractivity contribution in [2.45, 2.75) is 0 Å². The zero-order valence-electron chi connectivity index (χ0n) is 32.3. The molecule has 0 saturated carbocycles. The van der Waals surface area contributed by atoms with Gasteiger partial charge in [0.15, 0.2) is 0 Å². The Hall–Kier alpha value is -7.81. The van der Waals surface area contributed by atoms with Crippen LogP contribution in [-0.4, -0.2) is 9.55 Å². The Labute approximate surface area is 344 Å². The Balaban J connectivity index is 1.11. The van der Waals surface area contributed by atoms with Gasteiger partial charge in [-0.15, -0.1) is 0 Å². The molecule has 2 heteroatoms. The first kappa shape index (κ1) is 34.4. The van der Waals surface area contributed by atoms with Gasteiger partial charge in [-0.25, -0.2) is 4.98 Å². The van der Waals surface area contributed by atoms with Crippen molar-refractivity contribution in [2.24, 2.45) is 0 Å². The molecule has 1 heterocycles. The van der Waals surface area contributed by atoms with Crippen molar-refractivity contribution in [3.63, 3.8) is 0 Å². The summed E-state index contributed by atoms with van der Waals surface area (Å²) in [6.07, 6.45) is 0. The lowest BCUT2D eigenvalue weighted by Crippen LogP contribution is -2.00. The van der Waals surface area contributed by atoms with Crippen LogP contribution in [0.3, 0.4) is 0 Å². The average molecular weight is 751 g/mol. The van der Waals surface area contributed by atoms with Gasteiger partial charge in [0.2, 0.25) is 0 Å². The van der Waals surface area contributed by atoms with Crippen LogP contribution < -0.4 is 0 Å². The van der Waals surface area contributed by atoms with Crippen LogP contribution in [0.15, 0.2) is 231 Å². The van der Waals surface area contributed by atoms with Gasteiger partial charge in [0.1, 0.15) is 5.82 Å². The van der Waals surface area contributed by atoms with E-state index in [4.69, 9.17) is 4.98 Å². The SMILES string of the molecule is c1ccc(-c2ccc(-c3nc(-c4ccccc4)c(-c4ccccc4)n3-c3ccc(-c4c5ccccc5c(-c5ccc6ccccc6c5)c5ccccc45)cc3)cc2)cc1. The average Bonchev–Trinajstić information content (AvgIpc) is 3.72.